The van der Waals surface area contributed by atoms with Gasteiger partial charge in [-0.2, -0.15) is 0 Å². The Morgan fingerprint density at radius 2 is 1.87 bits per heavy atom. The van der Waals surface area contributed by atoms with Gasteiger partial charge in [-0.3, -0.25) is 24.2 Å². The van der Waals surface area contributed by atoms with Gasteiger partial charge in [-0.15, -0.1) is 11.3 Å². The fourth-order valence-electron chi connectivity index (χ4n) is 3.35. The molecule has 1 N–H and O–H groups in total. The van der Waals surface area contributed by atoms with Gasteiger partial charge in [0.15, 0.2) is 5.13 Å². The molecule has 1 aliphatic heterocycles. The highest BCUT2D eigenvalue weighted by Crippen LogP contribution is 2.29. The van der Waals surface area contributed by atoms with Crippen molar-refractivity contribution in [1.29, 1.82) is 0 Å². The number of imide groups is 1. The van der Waals surface area contributed by atoms with E-state index in [9.17, 15) is 19.2 Å². The summed E-state index contributed by atoms with van der Waals surface area (Å²) in [4.78, 5) is 55.8. The van der Waals surface area contributed by atoms with Crippen molar-refractivity contribution < 1.29 is 23.9 Å². The van der Waals surface area contributed by atoms with E-state index in [0.717, 1.165) is 4.90 Å². The van der Waals surface area contributed by atoms with Gasteiger partial charge in [0.1, 0.15) is 18.7 Å². The van der Waals surface area contributed by atoms with Crippen LogP contribution in [-0.2, 0) is 25.7 Å². The Morgan fingerprint density at radius 3 is 2.45 bits per heavy atom. The fourth-order valence-corrected chi connectivity index (χ4v) is 4.22. The molecular formula is C21H24N4O5S. The minimum Gasteiger partial charge on any atom is -0.458 e. The maximum absolute atomic E-state index is 12.6. The number of hydrogen-bond acceptors (Lipinski definition) is 7. The molecule has 31 heavy (non-hydrogen) atoms. The summed E-state index contributed by atoms with van der Waals surface area (Å²) >= 11 is 1.25. The summed E-state index contributed by atoms with van der Waals surface area (Å²) in [5.41, 5.74) is 0.181. The molecule has 0 spiro atoms. The maximum Gasteiger partial charge on any atom is 0.326 e. The summed E-state index contributed by atoms with van der Waals surface area (Å²) in [6.45, 7) is 4.46. The number of benzene rings is 1. The maximum atomic E-state index is 12.6. The number of thiazole rings is 1. The Bertz CT molecular complexity index is 987. The Labute approximate surface area is 184 Å². The van der Waals surface area contributed by atoms with Crippen molar-refractivity contribution in [3.63, 3.8) is 0 Å². The van der Waals surface area contributed by atoms with Crippen molar-refractivity contribution in [1.82, 2.24) is 15.2 Å². The number of hydrogen-bond donors (Lipinski definition) is 1. The Kier molecular flexibility index (Phi) is 6.69. The van der Waals surface area contributed by atoms with Gasteiger partial charge in [-0.25, -0.2) is 9.78 Å². The lowest BCUT2D eigenvalue weighted by Crippen LogP contribution is -2.46. The predicted octanol–water partition coefficient (Wildman–Crippen LogP) is 2.98. The monoisotopic (exact) mass is 444 g/mol. The molecule has 164 valence electrons. The van der Waals surface area contributed by atoms with Gasteiger partial charge in [0.05, 0.1) is 11.4 Å². The van der Waals surface area contributed by atoms with Gasteiger partial charge < -0.3 is 10.1 Å². The lowest BCUT2D eigenvalue weighted by Gasteiger charge is -2.22. The first-order valence-electron chi connectivity index (χ1n) is 9.91. The van der Waals surface area contributed by atoms with E-state index in [2.05, 4.69) is 10.3 Å². The standard InChI is InChI=1S/C21H24N4O5S/c1-4-21(5-2)18(28)24(19(29)23-21)11-17(27)30-12-15-13-31-20(22-15)25(14(3)26)16-9-7-6-8-10-16/h6-10,13H,4-5,11-12H2,1-3H3,(H,23,29). The van der Waals surface area contributed by atoms with Gasteiger partial charge in [-0.05, 0) is 25.0 Å². The third-order valence-electron chi connectivity index (χ3n) is 5.18. The van der Waals surface area contributed by atoms with Crippen molar-refractivity contribution in [2.75, 3.05) is 11.4 Å². The highest BCUT2D eigenvalue weighted by atomic mass is 32.1. The number of amides is 4. The number of ether oxygens (including phenoxy) is 1. The van der Waals surface area contributed by atoms with Crippen molar-refractivity contribution in [2.45, 2.75) is 45.8 Å². The number of nitrogens with zero attached hydrogens (tertiary/aromatic N) is 3. The van der Waals surface area contributed by atoms with Crippen LogP contribution in [0.3, 0.4) is 0 Å². The van der Waals surface area contributed by atoms with Crippen LogP contribution in [-0.4, -0.2) is 45.8 Å². The normalized spacial score (nSPS) is 15.0. The molecule has 1 aliphatic rings. The van der Waals surface area contributed by atoms with E-state index in [4.69, 9.17) is 4.74 Å². The molecule has 0 radical (unpaired) electrons. The van der Waals surface area contributed by atoms with Crippen LogP contribution in [0.1, 0.15) is 39.3 Å². The van der Waals surface area contributed by atoms with Crippen molar-refractivity contribution in [3.8, 4) is 0 Å². The van der Waals surface area contributed by atoms with Crippen molar-refractivity contribution >= 4 is 46.0 Å². The topological polar surface area (TPSA) is 109 Å². The third kappa shape index (κ3) is 4.58. The van der Waals surface area contributed by atoms with E-state index in [0.29, 0.717) is 29.4 Å². The molecule has 1 saturated heterocycles. The lowest BCUT2D eigenvalue weighted by atomic mass is 9.93. The van der Waals surface area contributed by atoms with Crippen LogP contribution in [0.2, 0.25) is 0 Å². The molecule has 1 fully saturated rings. The van der Waals surface area contributed by atoms with Crippen LogP contribution in [0.25, 0.3) is 0 Å². The lowest BCUT2D eigenvalue weighted by molar-refractivity contribution is -0.149. The molecule has 3 rings (SSSR count). The number of anilines is 2. The first-order chi connectivity index (χ1) is 14.8. The van der Waals surface area contributed by atoms with Gasteiger partial charge >= 0.3 is 12.0 Å². The van der Waals surface area contributed by atoms with E-state index in [1.807, 2.05) is 32.0 Å². The number of nitrogens with one attached hydrogen (secondary N) is 1. The van der Waals surface area contributed by atoms with Gasteiger partial charge in [0.25, 0.3) is 5.91 Å². The fraction of sp³-hybridized carbons (Fsp3) is 0.381. The Hall–Kier alpha value is -3.27. The van der Waals surface area contributed by atoms with Crippen LogP contribution in [0.4, 0.5) is 15.6 Å². The van der Waals surface area contributed by atoms with Crippen LogP contribution in [0.5, 0.6) is 0 Å². The highest BCUT2D eigenvalue weighted by molar-refractivity contribution is 7.14. The Balaban J connectivity index is 1.62. The first kappa shape index (κ1) is 22.4. The van der Waals surface area contributed by atoms with E-state index in [-0.39, 0.29) is 12.5 Å². The summed E-state index contributed by atoms with van der Waals surface area (Å²) in [7, 11) is 0. The van der Waals surface area contributed by atoms with E-state index in [1.165, 1.54) is 23.2 Å². The minimum atomic E-state index is -0.964. The molecule has 4 amide bonds. The van der Waals surface area contributed by atoms with Crippen molar-refractivity contribution in [2.24, 2.45) is 0 Å². The molecule has 0 saturated carbocycles. The average Bonchev–Trinajstić information content (AvgIpc) is 3.31. The number of aromatic nitrogens is 1. The van der Waals surface area contributed by atoms with E-state index < -0.39 is 30.0 Å². The molecule has 2 heterocycles. The molecule has 0 aliphatic carbocycles. The van der Waals surface area contributed by atoms with Gasteiger partial charge in [0.2, 0.25) is 5.91 Å². The molecule has 1 aromatic heterocycles. The minimum absolute atomic E-state index is 0.133. The number of urea groups is 1. The van der Waals surface area contributed by atoms with E-state index >= 15 is 0 Å². The average molecular weight is 445 g/mol. The summed E-state index contributed by atoms with van der Waals surface area (Å²) in [6.07, 6.45) is 0.880. The van der Waals surface area contributed by atoms with Crippen LogP contribution in [0, 0.1) is 0 Å². The molecule has 1 aromatic carbocycles. The second-order valence-corrected chi connectivity index (χ2v) is 7.92. The second kappa shape index (κ2) is 9.25. The quantitative estimate of drug-likeness (QED) is 0.495. The SMILES string of the molecule is CCC1(CC)NC(=O)N(CC(=O)OCc2csc(N(C(C)=O)c3ccccc3)n2)C1=O. The third-order valence-corrected chi connectivity index (χ3v) is 6.06. The smallest absolute Gasteiger partial charge is 0.326 e. The van der Waals surface area contributed by atoms with Gasteiger partial charge in [-0.1, -0.05) is 32.0 Å². The molecule has 9 nitrogen and oxygen atoms in total. The number of rotatable bonds is 8. The van der Waals surface area contributed by atoms with Crippen LogP contribution < -0.4 is 10.2 Å². The number of carbonyl (C=O) groups is 4. The number of para-hydroxylation sites is 1. The number of esters is 1. The first-order valence-corrected chi connectivity index (χ1v) is 10.8. The zero-order valence-electron chi connectivity index (χ0n) is 17.6. The number of carbonyl (C=O) groups excluding carboxylic acids is 4. The molecule has 0 atom stereocenters. The van der Waals surface area contributed by atoms with Gasteiger partial charge in [0, 0.05) is 12.3 Å². The molecule has 0 unspecified atom stereocenters. The molecule has 0 bridgehead atoms. The summed E-state index contributed by atoms with van der Waals surface area (Å²) in [5, 5.41) is 4.81. The second-order valence-electron chi connectivity index (χ2n) is 7.08. The zero-order chi connectivity index (χ0) is 22.6. The predicted molar refractivity (Wildman–Crippen MR) is 115 cm³/mol. The Morgan fingerprint density at radius 1 is 1.19 bits per heavy atom. The summed E-state index contributed by atoms with van der Waals surface area (Å²) in [6, 6.07) is 8.50. The molecular weight excluding hydrogens is 420 g/mol. The zero-order valence-corrected chi connectivity index (χ0v) is 18.4. The molecule has 2 aromatic rings. The highest BCUT2D eigenvalue weighted by Gasteiger charge is 2.49. The van der Waals surface area contributed by atoms with Crippen molar-refractivity contribution in [3.05, 3.63) is 41.4 Å². The van der Waals surface area contributed by atoms with Crippen LogP contribution >= 0.6 is 11.3 Å². The van der Waals surface area contributed by atoms with E-state index in [1.54, 1.807) is 17.5 Å². The van der Waals surface area contributed by atoms with Crippen LogP contribution in [0.15, 0.2) is 35.7 Å². The molecule has 10 heteroatoms. The summed E-state index contributed by atoms with van der Waals surface area (Å²) < 4.78 is 5.21. The largest absolute Gasteiger partial charge is 0.458 e. The summed E-state index contributed by atoms with van der Waals surface area (Å²) in [5.74, 6) is -1.33.